The summed E-state index contributed by atoms with van der Waals surface area (Å²) < 4.78 is 12.1. The second kappa shape index (κ2) is 9.88. The van der Waals surface area contributed by atoms with Gasteiger partial charge in [0.25, 0.3) is 0 Å². The molecule has 114 valence electrons. The molecule has 0 bridgehead atoms. The SMILES string of the molecule is CCCO[Si](C)(CCCN1CCNCC1)OCCC. The van der Waals surface area contributed by atoms with Crippen LogP contribution in [0, 0.1) is 0 Å². The van der Waals surface area contributed by atoms with Crippen molar-refractivity contribution in [2.75, 3.05) is 45.9 Å². The normalized spacial score (nSPS) is 17.8. The summed E-state index contributed by atoms with van der Waals surface area (Å²) >= 11 is 0. The number of nitrogens with zero attached hydrogens (tertiary/aromatic N) is 1. The predicted octanol–water partition coefficient (Wildman–Crippen LogP) is 2.21. The fourth-order valence-corrected chi connectivity index (χ4v) is 4.82. The third-order valence-corrected chi connectivity index (χ3v) is 6.43. The molecule has 1 aliphatic heterocycles. The van der Waals surface area contributed by atoms with Crippen molar-refractivity contribution in [2.24, 2.45) is 0 Å². The van der Waals surface area contributed by atoms with Crippen molar-refractivity contribution < 1.29 is 8.85 Å². The van der Waals surface area contributed by atoms with Crippen LogP contribution >= 0.6 is 0 Å². The molecule has 0 saturated carbocycles. The molecule has 0 aromatic carbocycles. The van der Waals surface area contributed by atoms with Crippen molar-refractivity contribution in [3.63, 3.8) is 0 Å². The topological polar surface area (TPSA) is 33.7 Å². The Morgan fingerprint density at radius 2 is 1.63 bits per heavy atom. The summed E-state index contributed by atoms with van der Waals surface area (Å²) in [6, 6.07) is 1.12. The lowest BCUT2D eigenvalue weighted by Crippen LogP contribution is -2.45. The highest BCUT2D eigenvalue weighted by molar-refractivity contribution is 6.66. The van der Waals surface area contributed by atoms with Crippen LogP contribution in [0.4, 0.5) is 0 Å². The van der Waals surface area contributed by atoms with Crippen molar-refractivity contribution in [1.82, 2.24) is 10.2 Å². The highest BCUT2D eigenvalue weighted by Gasteiger charge is 2.30. The van der Waals surface area contributed by atoms with Gasteiger partial charge in [0.05, 0.1) is 0 Å². The van der Waals surface area contributed by atoms with Gasteiger partial charge in [-0.15, -0.1) is 0 Å². The molecule has 1 aliphatic rings. The molecule has 0 aromatic rings. The summed E-state index contributed by atoms with van der Waals surface area (Å²) in [5, 5.41) is 3.39. The lowest BCUT2D eigenvalue weighted by molar-refractivity contribution is 0.169. The number of hydrogen-bond acceptors (Lipinski definition) is 4. The van der Waals surface area contributed by atoms with Gasteiger partial charge in [-0.05, 0) is 38.4 Å². The second-order valence-electron chi connectivity index (χ2n) is 5.53. The Morgan fingerprint density at radius 1 is 1.05 bits per heavy atom. The Labute approximate surface area is 120 Å². The van der Waals surface area contributed by atoms with E-state index < -0.39 is 8.56 Å². The Hall–Kier alpha value is 0.0569. The number of hydrogen-bond donors (Lipinski definition) is 1. The van der Waals surface area contributed by atoms with Crippen molar-refractivity contribution in [2.45, 2.75) is 45.7 Å². The van der Waals surface area contributed by atoms with E-state index in [0.29, 0.717) is 0 Å². The molecule has 1 rings (SSSR count). The Kier molecular flexibility index (Phi) is 8.90. The van der Waals surface area contributed by atoms with Crippen molar-refractivity contribution >= 4 is 8.56 Å². The van der Waals surface area contributed by atoms with Crippen LogP contribution < -0.4 is 5.32 Å². The zero-order valence-corrected chi connectivity index (χ0v) is 14.0. The summed E-state index contributed by atoms with van der Waals surface area (Å²) in [6.07, 6.45) is 3.36. The molecule has 0 spiro atoms. The summed E-state index contributed by atoms with van der Waals surface area (Å²) in [7, 11) is -1.92. The number of piperazine rings is 1. The van der Waals surface area contributed by atoms with Crippen molar-refractivity contribution in [3.8, 4) is 0 Å². The van der Waals surface area contributed by atoms with Gasteiger partial charge in [0, 0.05) is 39.4 Å². The van der Waals surface area contributed by atoms with Gasteiger partial charge in [-0.3, -0.25) is 0 Å². The monoisotopic (exact) mass is 288 g/mol. The number of nitrogens with one attached hydrogen (secondary N) is 1. The first-order chi connectivity index (χ1) is 9.20. The quantitative estimate of drug-likeness (QED) is 0.625. The maximum absolute atomic E-state index is 6.06. The number of rotatable bonds is 10. The van der Waals surface area contributed by atoms with Crippen LogP contribution in [-0.2, 0) is 8.85 Å². The van der Waals surface area contributed by atoms with E-state index in [2.05, 4.69) is 30.6 Å². The minimum Gasteiger partial charge on any atom is -0.394 e. The third kappa shape index (κ3) is 7.42. The molecule has 0 aliphatic carbocycles. The van der Waals surface area contributed by atoms with Crippen LogP contribution in [-0.4, -0.2) is 59.4 Å². The Bertz CT molecular complexity index is 215. The molecule has 1 heterocycles. The van der Waals surface area contributed by atoms with Gasteiger partial charge in [0.15, 0.2) is 0 Å². The average Bonchev–Trinajstić information content (AvgIpc) is 2.44. The van der Waals surface area contributed by atoms with Crippen LogP contribution in [0.25, 0.3) is 0 Å². The van der Waals surface area contributed by atoms with Gasteiger partial charge < -0.3 is 19.1 Å². The molecular formula is C14H32N2O2Si. The third-order valence-electron chi connectivity index (χ3n) is 3.54. The Morgan fingerprint density at radius 3 is 2.16 bits per heavy atom. The molecule has 4 nitrogen and oxygen atoms in total. The van der Waals surface area contributed by atoms with E-state index in [1.807, 2.05) is 0 Å². The average molecular weight is 289 g/mol. The first kappa shape index (κ1) is 17.1. The first-order valence-corrected chi connectivity index (χ1v) is 10.4. The van der Waals surface area contributed by atoms with Crippen molar-refractivity contribution in [1.29, 1.82) is 0 Å². The van der Waals surface area contributed by atoms with E-state index in [-0.39, 0.29) is 0 Å². The van der Waals surface area contributed by atoms with Gasteiger partial charge in [0.2, 0.25) is 0 Å². The van der Waals surface area contributed by atoms with E-state index in [1.54, 1.807) is 0 Å². The largest absolute Gasteiger partial charge is 0.394 e. The molecule has 1 fully saturated rings. The van der Waals surface area contributed by atoms with Crippen LogP contribution in [0.5, 0.6) is 0 Å². The summed E-state index contributed by atoms with van der Waals surface area (Å²) in [4.78, 5) is 2.55. The van der Waals surface area contributed by atoms with Crippen LogP contribution in [0.2, 0.25) is 12.6 Å². The molecular weight excluding hydrogens is 256 g/mol. The first-order valence-electron chi connectivity index (χ1n) is 7.91. The fraction of sp³-hybridized carbons (Fsp3) is 1.00. The summed E-state index contributed by atoms with van der Waals surface area (Å²) in [5.41, 5.74) is 0. The van der Waals surface area contributed by atoms with Crippen molar-refractivity contribution in [3.05, 3.63) is 0 Å². The lowest BCUT2D eigenvalue weighted by atomic mass is 10.3. The van der Waals surface area contributed by atoms with Gasteiger partial charge in [0.1, 0.15) is 0 Å². The van der Waals surface area contributed by atoms with Crippen LogP contribution in [0.15, 0.2) is 0 Å². The van der Waals surface area contributed by atoms with Gasteiger partial charge >= 0.3 is 8.56 Å². The van der Waals surface area contributed by atoms with E-state index in [4.69, 9.17) is 8.85 Å². The molecule has 0 aromatic heterocycles. The zero-order chi connectivity index (χ0) is 14.0. The van der Waals surface area contributed by atoms with E-state index in [0.717, 1.165) is 45.2 Å². The minimum absolute atomic E-state index is 0.847. The smallest absolute Gasteiger partial charge is 0.334 e. The summed E-state index contributed by atoms with van der Waals surface area (Å²) in [6.45, 7) is 14.1. The Balaban J connectivity index is 2.25. The minimum atomic E-state index is -1.92. The van der Waals surface area contributed by atoms with Gasteiger partial charge in [-0.2, -0.15) is 0 Å². The maximum Gasteiger partial charge on any atom is 0.334 e. The van der Waals surface area contributed by atoms with Gasteiger partial charge in [-0.1, -0.05) is 13.8 Å². The predicted molar refractivity (Wildman–Crippen MR) is 82.8 cm³/mol. The molecule has 1 N–H and O–H groups in total. The molecule has 5 heteroatoms. The van der Waals surface area contributed by atoms with E-state index >= 15 is 0 Å². The van der Waals surface area contributed by atoms with Crippen LogP contribution in [0.1, 0.15) is 33.1 Å². The highest BCUT2D eigenvalue weighted by atomic mass is 28.4. The van der Waals surface area contributed by atoms with E-state index in [1.165, 1.54) is 26.1 Å². The molecule has 0 unspecified atom stereocenters. The molecule has 0 atom stereocenters. The van der Waals surface area contributed by atoms with E-state index in [9.17, 15) is 0 Å². The molecule has 0 amide bonds. The lowest BCUT2D eigenvalue weighted by Gasteiger charge is -2.30. The fourth-order valence-electron chi connectivity index (χ4n) is 2.38. The maximum atomic E-state index is 6.06. The second-order valence-corrected chi connectivity index (χ2v) is 8.87. The molecule has 19 heavy (non-hydrogen) atoms. The molecule has 0 radical (unpaired) electrons. The summed E-state index contributed by atoms with van der Waals surface area (Å²) in [5.74, 6) is 0. The molecule has 1 saturated heterocycles. The van der Waals surface area contributed by atoms with Crippen LogP contribution in [0.3, 0.4) is 0 Å². The van der Waals surface area contributed by atoms with Gasteiger partial charge in [-0.25, -0.2) is 0 Å². The highest BCUT2D eigenvalue weighted by Crippen LogP contribution is 2.17. The zero-order valence-electron chi connectivity index (χ0n) is 13.0. The standard InChI is InChI=1S/C14H32N2O2Si/c1-4-12-17-19(3,18-13-5-2)14-6-9-16-10-7-15-8-11-16/h15H,4-14H2,1-3H3.